The Kier molecular flexibility index (Phi) is 4.30. The first kappa shape index (κ1) is 10.3. The van der Waals surface area contributed by atoms with Crippen molar-refractivity contribution in [2.75, 3.05) is 14.2 Å². The second-order valence-corrected chi connectivity index (χ2v) is 6.71. The molecule has 0 atom stereocenters. The van der Waals surface area contributed by atoms with E-state index in [1.165, 1.54) is 0 Å². The van der Waals surface area contributed by atoms with Gasteiger partial charge in [-0.2, -0.15) is 0 Å². The van der Waals surface area contributed by atoms with Crippen LogP contribution in [0.5, 0.6) is 0 Å². The van der Waals surface area contributed by atoms with Gasteiger partial charge in [0.1, 0.15) is 0 Å². The molecule has 0 bridgehead atoms. The monoisotopic (exact) mass is 292 g/mol. The number of rotatable bonds is 3. The van der Waals surface area contributed by atoms with Crippen molar-refractivity contribution in [1.82, 2.24) is 0 Å². The molecule has 0 unspecified atom stereocenters. The molecule has 0 radical (unpaired) electrons. The van der Waals surface area contributed by atoms with E-state index in [4.69, 9.17) is 7.45 Å². The molecular weight excluding hydrogens is 283 g/mol. The Balaban J connectivity index is 2.80. The number of hydrogen-bond acceptors (Lipinski definition) is 2. The van der Waals surface area contributed by atoms with Crippen molar-refractivity contribution in [3.63, 3.8) is 0 Å². The van der Waals surface area contributed by atoms with Gasteiger partial charge >= 0.3 is 86.0 Å². The van der Waals surface area contributed by atoms with E-state index < -0.39 is 15.3 Å². The van der Waals surface area contributed by atoms with Gasteiger partial charge in [-0.05, 0) is 0 Å². The summed E-state index contributed by atoms with van der Waals surface area (Å²) in [5, 5.41) is 0. The molecule has 0 amide bonds. The van der Waals surface area contributed by atoms with Crippen LogP contribution in [0.15, 0.2) is 28.7 Å². The first-order valence-corrected chi connectivity index (χ1v) is 6.68. The van der Waals surface area contributed by atoms with E-state index in [2.05, 4.69) is 15.9 Å². The van der Waals surface area contributed by atoms with Crippen molar-refractivity contribution in [2.24, 2.45) is 0 Å². The van der Waals surface area contributed by atoms with Gasteiger partial charge in [0.05, 0.1) is 0 Å². The minimum atomic E-state index is -1.66. The molecule has 2 nitrogen and oxygen atoms in total. The van der Waals surface area contributed by atoms with Gasteiger partial charge in [0.25, 0.3) is 0 Å². The molecule has 1 aromatic rings. The molecule has 12 heavy (non-hydrogen) atoms. The molecule has 0 aromatic heterocycles. The molecule has 1 rings (SSSR count). The molecule has 0 heterocycles. The van der Waals surface area contributed by atoms with Crippen LogP contribution in [0.1, 0.15) is 0 Å². The van der Waals surface area contributed by atoms with Crippen LogP contribution in [0.2, 0.25) is 0 Å². The first-order chi connectivity index (χ1) is 5.77. The summed E-state index contributed by atoms with van der Waals surface area (Å²) >= 11 is 1.71. The molecule has 0 spiro atoms. The Labute approximate surface area is 86.0 Å². The molecule has 0 fully saturated rings. The summed E-state index contributed by atoms with van der Waals surface area (Å²) in [7, 11) is 3.37. The fourth-order valence-corrected chi connectivity index (χ4v) is 3.13. The second kappa shape index (κ2) is 5.03. The van der Waals surface area contributed by atoms with E-state index in [0.717, 1.165) is 8.82 Å². The molecule has 0 saturated carbocycles. The predicted octanol–water partition coefficient (Wildman–Crippen LogP) is 1.44. The van der Waals surface area contributed by atoms with E-state index >= 15 is 0 Å². The molecule has 0 saturated heterocycles. The molecule has 0 aliphatic heterocycles. The standard InChI is InChI=1S/C8H10AsBrO2/c1-11-9(12-2)7-3-5-8(10)6-4-7/h3-6H,1-2H3. The van der Waals surface area contributed by atoms with Gasteiger partial charge in [-0.1, -0.05) is 0 Å². The molecule has 0 N–H and O–H groups in total. The fraction of sp³-hybridized carbons (Fsp3) is 0.250. The Hall–Kier alpha value is 0.178. The van der Waals surface area contributed by atoms with Crippen LogP contribution in [0.3, 0.4) is 0 Å². The van der Waals surface area contributed by atoms with Crippen molar-refractivity contribution < 1.29 is 7.45 Å². The van der Waals surface area contributed by atoms with E-state index in [0.29, 0.717) is 0 Å². The van der Waals surface area contributed by atoms with Gasteiger partial charge in [0, 0.05) is 0 Å². The average Bonchev–Trinajstić information content (AvgIpc) is 2.10. The zero-order chi connectivity index (χ0) is 8.97. The van der Waals surface area contributed by atoms with Crippen LogP contribution in [-0.4, -0.2) is 29.6 Å². The Bertz CT molecular complexity index is 233. The Morgan fingerprint density at radius 2 is 1.58 bits per heavy atom. The number of halogens is 1. The zero-order valence-corrected chi connectivity index (χ0v) is 10.4. The third kappa shape index (κ3) is 2.59. The van der Waals surface area contributed by atoms with E-state index in [1.54, 1.807) is 14.2 Å². The van der Waals surface area contributed by atoms with Crippen LogP contribution in [0, 0.1) is 0 Å². The van der Waals surface area contributed by atoms with Crippen molar-refractivity contribution in [1.29, 1.82) is 0 Å². The third-order valence-electron chi connectivity index (χ3n) is 1.37. The van der Waals surface area contributed by atoms with Crippen molar-refractivity contribution >= 4 is 35.6 Å². The maximum absolute atomic E-state index is 5.23. The van der Waals surface area contributed by atoms with Gasteiger partial charge in [-0.25, -0.2) is 0 Å². The summed E-state index contributed by atoms with van der Waals surface area (Å²) in [4.78, 5) is 0. The normalized spacial score (nSPS) is 10.7. The van der Waals surface area contributed by atoms with E-state index in [9.17, 15) is 0 Å². The van der Waals surface area contributed by atoms with Gasteiger partial charge in [-0.3, -0.25) is 0 Å². The molecule has 4 heteroatoms. The fourth-order valence-electron chi connectivity index (χ4n) is 0.848. The maximum atomic E-state index is 5.23. The van der Waals surface area contributed by atoms with Crippen LogP contribution in [-0.2, 0) is 7.45 Å². The summed E-state index contributed by atoms with van der Waals surface area (Å²) in [5.74, 6) is 0. The summed E-state index contributed by atoms with van der Waals surface area (Å²) < 4.78 is 12.7. The zero-order valence-electron chi connectivity index (χ0n) is 6.95. The Morgan fingerprint density at radius 1 is 1.08 bits per heavy atom. The van der Waals surface area contributed by atoms with Crippen molar-refractivity contribution in [3.8, 4) is 0 Å². The summed E-state index contributed by atoms with van der Waals surface area (Å²) in [5.41, 5.74) is 0. The molecule has 1 aromatic carbocycles. The van der Waals surface area contributed by atoms with Gasteiger partial charge in [-0.15, -0.1) is 0 Å². The summed E-state index contributed by atoms with van der Waals surface area (Å²) in [6, 6.07) is 8.04. The van der Waals surface area contributed by atoms with E-state index in [1.807, 2.05) is 24.3 Å². The van der Waals surface area contributed by atoms with Gasteiger partial charge < -0.3 is 0 Å². The van der Waals surface area contributed by atoms with Crippen LogP contribution in [0.25, 0.3) is 0 Å². The Morgan fingerprint density at radius 3 is 2.00 bits per heavy atom. The van der Waals surface area contributed by atoms with Crippen LogP contribution < -0.4 is 4.35 Å². The molecule has 0 aliphatic carbocycles. The third-order valence-corrected chi connectivity index (χ3v) is 4.80. The quantitative estimate of drug-likeness (QED) is 0.785. The van der Waals surface area contributed by atoms with E-state index in [-0.39, 0.29) is 0 Å². The summed E-state index contributed by atoms with van der Waals surface area (Å²) in [6.45, 7) is 0. The molecule has 0 aliphatic rings. The number of hydrogen-bond donors (Lipinski definition) is 0. The average molecular weight is 293 g/mol. The van der Waals surface area contributed by atoms with Crippen LogP contribution in [0.4, 0.5) is 0 Å². The first-order valence-electron chi connectivity index (χ1n) is 3.42. The SMILES string of the molecule is CO[As](OC)c1ccc(Br)cc1. The summed E-state index contributed by atoms with van der Waals surface area (Å²) in [6.07, 6.45) is 0. The van der Waals surface area contributed by atoms with Gasteiger partial charge in [0.2, 0.25) is 0 Å². The topological polar surface area (TPSA) is 18.5 Å². The number of benzene rings is 1. The molecular formula is C8H10AsBrO2. The van der Waals surface area contributed by atoms with Crippen LogP contribution >= 0.6 is 15.9 Å². The van der Waals surface area contributed by atoms with Gasteiger partial charge in [0.15, 0.2) is 0 Å². The van der Waals surface area contributed by atoms with Crippen molar-refractivity contribution in [3.05, 3.63) is 28.7 Å². The minimum absolute atomic E-state index is 1.08. The predicted molar refractivity (Wildman–Crippen MR) is 53.5 cm³/mol. The molecule has 66 valence electrons. The second-order valence-electron chi connectivity index (χ2n) is 2.10. The van der Waals surface area contributed by atoms with Crippen molar-refractivity contribution in [2.45, 2.75) is 0 Å².